The minimum absolute atomic E-state index is 0.0137. The summed E-state index contributed by atoms with van der Waals surface area (Å²) in [5, 5.41) is 0.413. The van der Waals surface area contributed by atoms with Crippen molar-refractivity contribution in [3.8, 4) is 0 Å². The van der Waals surface area contributed by atoms with Crippen molar-refractivity contribution >= 4 is 17.7 Å². The lowest BCUT2D eigenvalue weighted by molar-refractivity contribution is -0.146. The number of carbonyl (C=O) groups is 1. The number of rotatable bonds is 10. The van der Waals surface area contributed by atoms with Crippen LogP contribution in [-0.4, -0.2) is 49.1 Å². The van der Waals surface area contributed by atoms with Crippen LogP contribution in [0, 0.1) is 5.92 Å². The zero-order valence-corrected chi connectivity index (χ0v) is 14.9. The van der Waals surface area contributed by atoms with Crippen molar-refractivity contribution in [1.82, 2.24) is 4.90 Å². The van der Waals surface area contributed by atoms with Crippen LogP contribution in [0.25, 0.3) is 0 Å². The fourth-order valence-electron chi connectivity index (χ4n) is 2.95. The number of methoxy groups -OCH3 is 1. The maximum Gasteiger partial charge on any atom is 0.309 e. The van der Waals surface area contributed by atoms with E-state index in [9.17, 15) is 4.79 Å². The lowest BCUT2D eigenvalue weighted by Gasteiger charge is -2.34. The van der Waals surface area contributed by atoms with Gasteiger partial charge in [0.15, 0.2) is 0 Å². The molecule has 0 aliphatic carbocycles. The summed E-state index contributed by atoms with van der Waals surface area (Å²) in [5.74, 6) is 1.26. The van der Waals surface area contributed by atoms with Crippen LogP contribution < -0.4 is 0 Å². The first-order valence-corrected chi connectivity index (χ1v) is 9.61. The Balaban J connectivity index is 2.16. The van der Waals surface area contributed by atoms with E-state index >= 15 is 0 Å². The van der Waals surface area contributed by atoms with Crippen molar-refractivity contribution in [1.29, 1.82) is 0 Å². The predicted octanol–water partition coefficient (Wildman–Crippen LogP) is 3.96. The number of hydrogen-bond donors (Lipinski definition) is 0. The van der Waals surface area contributed by atoms with Crippen molar-refractivity contribution < 1.29 is 9.53 Å². The Morgan fingerprint density at radius 2 is 1.86 bits per heavy atom. The molecule has 0 amide bonds. The molecule has 124 valence electrons. The maximum atomic E-state index is 11.9. The summed E-state index contributed by atoms with van der Waals surface area (Å²) in [6.45, 7) is 4.28. The van der Waals surface area contributed by atoms with E-state index in [0.717, 1.165) is 19.5 Å². The zero-order chi connectivity index (χ0) is 15.5. The molecule has 0 spiro atoms. The molecular weight excluding hydrogens is 282 g/mol. The van der Waals surface area contributed by atoms with Gasteiger partial charge in [0.05, 0.1) is 13.0 Å². The van der Waals surface area contributed by atoms with Crippen molar-refractivity contribution in [3.05, 3.63) is 0 Å². The number of hydrogen-bond acceptors (Lipinski definition) is 4. The predicted molar refractivity (Wildman–Crippen MR) is 91.9 cm³/mol. The first-order chi connectivity index (χ1) is 10.2. The third-order valence-electron chi connectivity index (χ3n) is 4.35. The highest BCUT2D eigenvalue weighted by Gasteiger charge is 2.33. The average Bonchev–Trinajstić information content (AvgIpc) is 2.49. The van der Waals surface area contributed by atoms with Gasteiger partial charge >= 0.3 is 5.97 Å². The van der Waals surface area contributed by atoms with Gasteiger partial charge < -0.3 is 9.64 Å². The van der Waals surface area contributed by atoms with Crippen molar-refractivity contribution in [2.75, 3.05) is 33.0 Å². The summed E-state index contributed by atoms with van der Waals surface area (Å²) in [4.78, 5) is 14.2. The molecule has 2 unspecified atom stereocenters. The Kier molecular flexibility index (Phi) is 10.2. The number of ether oxygens (including phenoxy) is 1. The SMILES string of the molecule is CCCCCCCCCSC1CN(C)CCC1C(=O)OC. The van der Waals surface area contributed by atoms with Crippen LogP contribution >= 0.6 is 11.8 Å². The first kappa shape index (κ1) is 18.8. The molecule has 3 nitrogen and oxygen atoms in total. The van der Waals surface area contributed by atoms with Crippen molar-refractivity contribution in [2.24, 2.45) is 5.92 Å². The summed E-state index contributed by atoms with van der Waals surface area (Å²) in [7, 11) is 3.66. The van der Waals surface area contributed by atoms with Crippen LogP contribution in [0.5, 0.6) is 0 Å². The van der Waals surface area contributed by atoms with Gasteiger partial charge in [0.25, 0.3) is 0 Å². The van der Waals surface area contributed by atoms with E-state index in [1.165, 1.54) is 57.8 Å². The molecule has 0 aromatic heterocycles. The Morgan fingerprint density at radius 1 is 1.19 bits per heavy atom. The van der Waals surface area contributed by atoms with E-state index in [2.05, 4.69) is 18.9 Å². The fraction of sp³-hybridized carbons (Fsp3) is 0.941. The summed E-state index contributed by atoms with van der Waals surface area (Å²) >= 11 is 1.98. The molecule has 21 heavy (non-hydrogen) atoms. The van der Waals surface area contributed by atoms with E-state index in [1.807, 2.05) is 11.8 Å². The van der Waals surface area contributed by atoms with Crippen LogP contribution in [0.4, 0.5) is 0 Å². The third kappa shape index (κ3) is 7.55. The molecular formula is C17H33NO2S. The third-order valence-corrected chi connectivity index (χ3v) is 5.78. The molecule has 0 aromatic carbocycles. The minimum Gasteiger partial charge on any atom is -0.469 e. The summed E-state index contributed by atoms with van der Waals surface area (Å²) in [5.41, 5.74) is 0. The first-order valence-electron chi connectivity index (χ1n) is 8.57. The van der Waals surface area contributed by atoms with E-state index in [1.54, 1.807) is 0 Å². The van der Waals surface area contributed by atoms with Gasteiger partial charge in [0.1, 0.15) is 0 Å². The topological polar surface area (TPSA) is 29.5 Å². The van der Waals surface area contributed by atoms with Gasteiger partial charge in [-0.25, -0.2) is 0 Å². The summed E-state index contributed by atoms with van der Waals surface area (Å²) in [6, 6.07) is 0. The van der Waals surface area contributed by atoms with Crippen LogP contribution in [0.3, 0.4) is 0 Å². The highest BCUT2D eigenvalue weighted by Crippen LogP contribution is 2.29. The number of likely N-dealkylation sites (tertiary alicyclic amines) is 1. The number of esters is 1. The van der Waals surface area contributed by atoms with Gasteiger partial charge in [-0.05, 0) is 32.2 Å². The Bertz CT molecular complexity index is 286. The van der Waals surface area contributed by atoms with Gasteiger partial charge in [-0.15, -0.1) is 0 Å². The molecule has 0 aromatic rings. The minimum atomic E-state index is -0.0137. The normalized spacial score (nSPS) is 23.2. The lowest BCUT2D eigenvalue weighted by Crippen LogP contribution is -2.43. The molecule has 1 heterocycles. The monoisotopic (exact) mass is 315 g/mol. The van der Waals surface area contributed by atoms with Crippen LogP contribution in [-0.2, 0) is 9.53 Å². The Hall–Kier alpha value is -0.220. The molecule has 4 heteroatoms. The largest absolute Gasteiger partial charge is 0.469 e. The van der Waals surface area contributed by atoms with E-state index < -0.39 is 0 Å². The number of thioether (sulfide) groups is 1. The lowest BCUT2D eigenvalue weighted by atomic mass is 9.97. The van der Waals surface area contributed by atoms with Crippen LogP contribution in [0.2, 0.25) is 0 Å². The van der Waals surface area contributed by atoms with Gasteiger partial charge in [-0.2, -0.15) is 11.8 Å². The van der Waals surface area contributed by atoms with Crippen molar-refractivity contribution in [3.63, 3.8) is 0 Å². The van der Waals surface area contributed by atoms with Gasteiger partial charge in [-0.3, -0.25) is 4.79 Å². The van der Waals surface area contributed by atoms with E-state index in [4.69, 9.17) is 4.74 Å². The quantitative estimate of drug-likeness (QED) is 0.451. The van der Waals surface area contributed by atoms with E-state index in [0.29, 0.717) is 5.25 Å². The second kappa shape index (κ2) is 11.4. The standard InChI is InChI=1S/C17H33NO2S/c1-4-5-6-7-8-9-10-13-21-16-14-18(2)12-11-15(16)17(19)20-3/h15-16H,4-14H2,1-3H3. The fourth-order valence-corrected chi connectivity index (χ4v) is 4.47. The van der Waals surface area contributed by atoms with E-state index in [-0.39, 0.29) is 11.9 Å². The molecule has 1 aliphatic rings. The highest BCUT2D eigenvalue weighted by atomic mass is 32.2. The van der Waals surface area contributed by atoms with Crippen LogP contribution in [0.1, 0.15) is 58.3 Å². The van der Waals surface area contributed by atoms with Gasteiger partial charge in [0.2, 0.25) is 0 Å². The maximum absolute atomic E-state index is 11.9. The smallest absolute Gasteiger partial charge is 0.309 e. The van der Waals surface area contributed by atoms with Crippen molar-refractivity contribution in [2.45, 2.75) is 63.5 Å². The van der Waals surface area contributed by atoms with Gasteiger partial charge in [-0.1, -0.05) is 45.4 Å². The summed E-state index contributed by atoms with van der Waals surface area (Å²) in [6.07, 6.45) is 10.4. The highest BCUT2D eigenvalue weighted by molar-refractivity contribution is 7.99. The molecule has 0 radical (unpaired) electrons. The molecule has 1 rings (SSSR count). The second-order valence-corrected chi connectivity index (χ2v) is 7.56. The zero-order valence-electron chi connectivity index (χ0n) is 14.1. The summed E-state index contributed by atoms with van der Waals surface area (Å²) < 4.78 is 4.97. The molecule has 1 saturated heterocycles. The Morgan fingerprint density at radius 3 is 2.52 bits per heavy atom. The molecule has 2 atom stereocenters. The molecule has 0 saturated carbocycles. The Labute approximate surface area is 135 Å². The number of unbranched alkanes of at least 4 members (excludes halogenated alkanes) is 6. The molecule has 1 fully saturated rings. The number of piperidine rings is 1. The molecule has 0 bridgehead atoms. The average molecular weight is 316 g/mol. The number of carbonyl (C=O) groups excluding carboxylic acids is 1. The molecule has 0 N–H and O–H groups in total. The van der Waals surface area contributed by atoms with Crippen LogP contribution in [0.15, 0.2) is 0 Å². The van der Waals surface area contributed by atoms with Gasteiger partial charge in [0, 0.05) is 11.8 Å². The second-order valence-electron chi connectivity index (χ2n) is 6.21. The molecule has 1 aliphatic heterocycles. The number of nitrogens with zero attached hydrogens (tertiary/aromatic N) is 1.